The monoisotopic (exact) mass is 430 g/mol. The van der Waals surface area contributed by atoms with Crippen molar-refractivity contribution in [1.29, 1.82) is 0 Å². The number of hydrogen-bond acceptors (Lipinski definition) is 5. The zero-order chi connectivity index (χ0) is 21.7. The maximum atomic E-state index is 12.6. The van der Waals surface area contributed by atoms with E-state index < -0.39 is 16.0 Å². The first-order valence-electron chi connectivity index (χ1n) is 9.89. The van der Waals surface area contributed by atoms with E-state index in [1.165, 1.54) is 11.4 Å². The third-order valence-corrected chi connectivity index (χ3v) is 7.11. The SMILES string of the molecule is COC(=O)c1ccc(C)c(NC(=O)CCc2ccc(S(=O)(=O)N3CCCC3)cc2)c1. The summed E-state index contributed by atoms with van der Waals surface area (Å²) in [6.45, 7) is 2.98. The molecule has 1 fully saturated rings. The van der Waals surface area contributed by atoms with Gasteiger partial charge in [-0.2, -0.15) is 4.31 Å². The van der Waals surface area contributed by atoms with Crippen LogP contribution in [0, 0.1) is 6.92 Å². The molecule has 30 heavy (non-hydrogen) atoms. The lowest BCUT2D eigenvalue weighted by atomic mass is 10.1. The van der Waals surface area contributed by atoms with Crippen molar-refractivity contribution in [3.63, 3.8) is 0 Å². The average Bonchev–Trinajstić information content (AvgIpc) is 3.29. The van der Waals surface area contributed by atoms with E-state index in [0.717, 1.165) is 24.0 Å². The highest BCUT2D eigenvalue weighted by atomic mass is 32.2. The van der Waals surface area contributed by atoms with Gasteiger partial charge in [-0.25, -0.2) is 13.2 Å². The van der Waals surface area contributed by atoms with Crippen LogP contribution >= 0.6 is 0 Å². The molecule has 7 nitrogen and oxygen atoms in total. The number of anilines is 1. The van der Waals surface area contributed by atoms with Crippen LogP contribution in [0.25, 0.3) is 0 Å². The summed E-state index contributed by atoms with van der Waals surface area (Å²) >= 11 is 0. The molecule has 0 atom stereocenters. The van der Waals surface area contributed by atoms with Gasteiger partial charge >= 0.3 is 5.97 Å². The number of amides is 1. The van der Waals surface area contributed by atoms with Crippen LogP contribution in [-0.4, -0.2) is 44.8 Å². The molecule has 1 saturated heterocycles. The average molecular weight is 431 g/mol. The maximum absolute atomic E-state index is 12.6. The summed E-state index contributed by atoms with van der Waals surface area (Å²) in [5.41, 5.74) is 2.65. The largest absolute Gasteiger partial charge is 0.465 e. The lowest BCUT2D eigenvalue weighted by Gasteiger charge is -2.15. The molecule has 0 unspecified atom stereocenters. The molecular weight excluding hydrogens is 404 g/mol. The van der Waals surface area contributed by atoms with Crippen LogP contribution in [0.1, 0.15) is 40.7 Å². The van der Waals surface area contributed by atoms with Crippen molar-refractivity contribution >= 4 is 27.6 Å². The van der Waals surface area contributed by atoms with Gasteiger partial charge in [0.2, 0.25) is 15.9 Å². The molecule has 0 saturated carbocycles. The molecule has 0 aliphatic carbocycles. The summed E-state index contributed by atoms with van der Waals surface area (Å²) in [6.07, 6.45) is 2.51. The molecule has 0 radical (unpaired) electrons. The van der Waals surface area contributed by atoms with Gasteiger partial charge in [0.05, 0.1) is 17.6 Å². The fourth-order valence-electron chi connectivity index (χ4n) is 3.38. The van der Waals surface area contributed by atoms with Gasteiger partial charge in [-0.1, -0.05) is 18.2 Å². The number of sulfonamides is 1. The normalized spacial score (nSPS) is 14.5. The summed E-state index contributed by atoms with van der Waals surface area (Å²) in [5, 5.41) is 2.82. The summed E-state index contributed by atoms with van der Waals surface area (Å²) in [6, 6.07) is 11.7. The van der Waals surface area contributed by atoms with Gasteiger partial charge in [-0.05, 0) is 61.6 Å². The van der Waals surface area contributed by atoms with Crippen molar-refractivity contribution in [3.05, 3.63) is 59.2 Å². The molecular formula is C22H26N2O5S. The van der Waals surface area contributed by atoms with Crippen LogP contribution in [0.15, 0.2) is 47.4 Å². The number of methoxy groups -OCH3 is 1. The fourth-order valence-corrected chi connectivity index (χ4v) is 4.89. The number of nitrogens with zero attached hydrogens (tertiary/aromatic N) is 1. The van der Waals surface area contributed by atoms with E-state index in [1.54, 1.807) is 42.5 Å². The summed E-state index contributed by atoms with van der Waals surface area (Å²) < 4.78 is 31.4. The topological polar surface area (TPSA) is 92.8 Å². The summed E-state index contributed by atoms with van der Waals surface area (Å²) in [5.74, 6) is -0.650. The van der Waals surface area contributed by atoms with Crippen LogP contribution in [0.4, 0.5) is 5.69 Å². The Morgan fingerprint density at radius 3 is 2.37 bits per heavy atom. The highest BCUT2D eigenvalue weighted by Gasteiger charge is 2.26. The Hall–Kier alpha value is -2.71. The van der Waals surface area contributed by atoms with Gasteiger partial charge in [-0.15, -0.1) is 0 Å². The standard InChI is InChI=1S/C22H26N2O5S/c1-16-5-9-18(22(26)29-2)15-20(16)23-21(25)12-8-17-6-10-19(11-7-17)30(27,28)24-13-3-4-14-24/h5-7,9-11,15H,3-4,8,12-14H2,1-2H3,(H,23,25). The second-order valence-electron chi connectivity index (χ2n) is 7.32. The number of aryl methyl sites for hydroxylation is 2. The summed E-state index contributed by atoms with van der Waals surface area (Å²) in [4.78, 5) is 24.3. The van der Waals surface area contributed by atoms with Gasteiger partial charge in [0, 0.05) is 25.2 Å². The Kier molecular flexibility index (Phi) is 6.89. The van der Waals surface area contributed by atoms with Crippen molar-refractivity contribution < 1.29 is 22.7 Å². The number of rotatable bonds is 7. The number of esters is 1. The Labute approximate surface area is 177 Å². The zero-order valence-electron chi connectivity index (χ0n) is 17.2. The van der Waals surface area contributed by atoms with E-state index >= 15 is 0 Å². The number of carbonyl (C=O) groups is 2. The van der Waals surface area contributed by atoms with Gasteiger partial charge < -0.3 is 10.1 Å². The van der Waals surface area contributed by atoms with Crippen LogP contribution in [0.5, 0.6) is 0 Å². The van der Waals surface area contributed by atoms with Gasteiger partial charge in [-0.3, -0.25) is 4.79 Å². The van der Waals surface area contributed by atoms with E-state index in [0.29, 0.717) is 30.8 Å². The second-order valence-corrected chi connectivity index (χ2v) is 9.26. The predicted octanol–water partition coefficient (Wildman–Crippen LogP) is 3.14. The molecule has 3 rings (SSSR count). The molecule has 0 spiro atoms. The molecule has 1 aliphatic heterocycles. The zero-order valence-corrected chi connectivity index (χ0v) is 18.0. The van der Waals surface area contributed by atoms with E-state index in [4.69, 9.17) is 4.74 Å². The minimum atomic E-state index is -3.43. The smallest absolute Gasteiger partial charge is 0.337 e. The number of benzene rings is 2. The van der Waals surface area contributed by atoms with Gasteiger partial charge in [0.15, 0.2) is 0 Å². The molecule has 1 heterocycles. The molecule has 1 aliphatic rings. The minimum Gasteiger partial charge on any atom is -0.465 e. The van der Waals surface area contributed by atoms with Crippen LogP contribution in [-0.2, 0) is 26.0 Å². The third kappa shape index (κ3) is 5.06. The van der Waals surface area contributed by atoms with Gasteiger partial charge in [0.1, 0.15) is 0 Å². The number of ether oxygens (including phenoxy) is 1. The Bertz CT molecular complexity index is 1030. The lowest BCUT2D eigenvalue weighted by Crippen LogP contribution is -2.27. The molecule has 2 aromatic carbocycles. The molecule has 1 amide bonds. The highest BCUT2D eigenvalue weighted by Crippen LogP contribution is 2.22. The van der Waals surface area contributed by atoms with Crippen molar-refractivity contribution in [2.24, 2.45) is 0 Å². The van der Waals surface area contributed by atoms with Crippen molar-refractivity contribution in [2.75, 3.05) is 25.5 Å². The van der Waals surface area contributed by atoms with Crippen LogP contribution in [0.3, 0.4) is 0 Å². The number of carbonyl (C=O) groups excluding carboxylic acids is 2. The Morgan fingerprint density at radius 1 is 1.07 bits per heavy atom. The van der Waals surface area contributed by atoms with Crippen molar-refractivity contribution in [3.8, 4) is 0 Å². The van der Waals surface area contributed by atoms with Crippen molar-refractivity contribution in [1.82, 2.24) is 4.31 Å². The Morgan fingerprint density at radius 2 is 1.73 bits per heavy atom. The Balaban J connectivity index is 1.59. The molecule has 0 bridgehead atoms. The van der Waals surface area contributed by atoms with Gasteiger partial charge in [0.25, 0.3) is 0 Å². The first kappa shape index (κ1) is 22.0. The molecule has 0 aromatic heterocycles. The van der Waals surface area contributed by atoms with Crippen molar-refractivity contribution in [2.45, 2.75) is 37.5 Å². The van der Waals surface area contributed by atoms with E-state index in [-0.39, 0.29) is 17.2 Å². The fraction of sp³-hybridized carbons (Fsp3) is 0.364. The highest BCUT2D eigenvalue weighted by molar-refractivity contribution is 7.89. The van der Waals surface area contributed by atoms with Crippen LogP contribution < -0.4 is 5.32 Å². The predicted molar refractivity (Wildman–Crippen MR) is 114 cm³/mol. The lowest BCUT2D eigenvalue weighted by molar-refractivity contribution is -0.116. The quantitative estimate of drug-likeness (QED) is 0.681. The molecule has 160 valence electrons. The van der Waals surface area contributed by atoms with E-state index in [1.807, 2.05) is 6.92 Å². The summed E-state index contributed by atoms with van der Waals surface area (Å²) in [7, 11) is -2.12. The first-order valence-corrected chi connectivity index (χ1v) is 11.3. The molecule has 8 heteroatoms. The van der Waals surface area contributed by atoms with E-state index in [9.17, 15) is 18.0 Å². The minimum absolute atomic E-state index is 0.186. The maximum Gasteiger partial charge on any atom is 0.337 e. The first-order chi connectivity index (χ1) is 14.3. The molecule has 2 aromatic rings. The molecule has 1 N–H and O–H groups in total. The van der Waals surface area contributed by atoms with Crippen LogP contribution in [0.2, 0.25) is 0 Å². The second kappa shape index (κ2) is 9.40. The third-order valence-electron chi connectivity index (χ3n) is 5.20. The number of nitrogens with one attached hydrogen (secondary N) is 1. The number of hydrogen-bond donors (Lipinski definition) is 1. The van der Waals surface area contributed by atoms with E-state index in [2.05, 4.69) is 5.32 Å².